The molecule has 0 N–H and O–H groups in total. The molecule has 44 heavy (non-hydrogen) atoms. The summed E-state index contributed by atoms with van der Waals surface area (Å²) in [6, 6.07) is 8.32. The lowest BCUT2D eigenvalue weighted by Gasteiger charge is -2.17. The molecule has 0 spiro atoms. The van der Waals surface area contributed by atoms with Crippen LogP contribution in [0.4, 0.5) is 0 Å². The topological polar surface area (TPSA) is 18.5 Å². The van der Waals surface area contributed by atoms with Crippen LogP contribution in [0.1, 0.15) is 220 Å². The lowest BCUT2D eigenvalue weighted by Crippen LogP contribution is -2.12. The second kappa shape index (κ2) is 31.8. The average molecular weight is 615 g/mol. The SMILES string of the molecule is CCCCCCCCCCCCCCCCC(C)Oc1ccc(OC(C)CCCCCCCCCCCCCCCC)cc1. The monoisotopic (exact) mass is 615 g/mol. The van der Waals surface area contributed by atoms with Crippen LogP contribution in [0.25, 0.3) is 0 Å². The van der Waals surface area contributed by atoms with E-state index < -0.39 is 0 Å². The molecule has 0 aliphatic rings. The van der Waals surface area contributed by atoms with Gasteiger partial charge in [-0.1, -0.05) is 181 Å². The van der Waals surface area contributed by atoms with Crippen molar-refractivity contribution in [2.75, 3.05) is 0 Å². The van der Waals surface area contributed by atoms with Gasteiger partial charge in [0.2, 0.25) is 0 Å². The first-order chi connectivity index (χ1) is 21.7. The zero-order valence-electron chi connectivity index (χ0n) is 30.5. The number of rotatable bonds is 34. The molecule has 1 aromatic rings. The zero-order valence-corrected chi connectivity index (χ0v) is 30.5. The quantitative estimate of drug-likeness (QED) is 0.0719. The van der Waals surface area contributed by atoms with Gasteiger partial charge in [0, 0.05) is 0 Å². The Morgan fingerprint density at radius 2 is 0.545 bits per heavy atom. The molecular formula is C42H78O2. The molecule has 1 rings (SSSR count). The summed E-state index contributed by atoms with van der Waals surface area (Å²) in [6.45, 7) is 9.02. The molecule has 0 bridgehead atoms. The first-order valence-corrected chi connectivity index (χ1v) is 20.1. The summed E-state index contributed by atoms with van der Waals surface area (Å²) in [4.78, 5) is 0. The van der Waals surface area contributed by atoms with E-state index in [0.29, 0.717) is 0 Å². The van der Waals surface area contributed by atoms with Gasteiger partial charge in [0.15, 0.2) is 0 Å². The van der Waals surface area contributed by atoms with Crippen molar-refractivity contribution in [3.63, 3.8) is 0 Å². The number of hydrogen-bond donors (Lipinski definition) is 0. The minimum absolute atomic E-state index is 0.276. The van der Waals surface area contributed by atoms with E-state index in [4.69, 9.17) is 9.47 Å². The zero-order chi connectivity index (χ0) is 31.8. The Morgan fingerprint density at radius 3 is 0.773 bits per heavy atom. The van der Waals surface area contributed by atoms with E-state index in [1.807, 2.05) is 0 Å². The molecule has 1 aromatic carbocycles. The van der Waals surface area contributed by atoms with E-state index in [1.54, 1.807) is 0 Å². The molecule has 2 unspecified atom stereocenters. The average Bonchev–Trinajstić information content (AvgIpc) is 3.02. The van der Waals surface area contributed by atoms with Crippen molar-refractivity contribution < 1.29 is 9.47 Å². The fourth-order valence-electron chi connectivity index (χ4n) is 6.43. The third-order valence-corrected chi connectivity index (χ3v) is 9.43. The van der Waals surface area contributed by atoms with Crippen LogP contribution in [0.5, 0.6) is 11.5 Å². The molecule has 0 fully saturated rings. The maximum atomic E-state index is 6.19. The van der Waals surface area contributed by atoms with E-state index in [-0.39, 0.29) is 12.2 Å². The van der Waals surface area contributed by atoms with Crippen LogP contribution >= 0.6 is 0 Å². The fraction of sp³-hybridized carbons (Fsp3) is 0.857. The maximum absolute atomic E-state index is 6.19. The number of benzene rings is 1. The van der Waals surface area contributed by atoms with Crippen LogP contribution in [0.3, 0.4) is 0 Å². The van der Waals surface area contributed by atoms with Gasteiger partial charge in [-0.2, -0.15) is 0 Å². The van der Waals surface area contributed by atoms with Crippen LogP contribution in [-0.2, 0) is 0 Å². The molecule has 0 aliphatic carbocycles. The highest BCUT2D eigenvalue weighted by atomic mass is 16.5. The Hall–Kier alpha value is -1.18. The standard InChI is InChI=1S/C42H78O2/c1-5-7-9-11-13-15-17-19-21-23-25-27-29-31-33-39(3)43-41-35-37-42(38-36-41)44-40(4)34-32-30-28-26-24-22-20-18-16-14-12-10-8-6-2/h35-40H,5-34H2,1-4H3. The Kier molecular flexibility index (Phi) is 29.5. The minimum atomic E-state index is 0.276. The van der Waals surface area contributed by atoms with E-state index in [1.165, 1.54) is 180 Å². The van der Waals surface area contributed by atoms with Crippen LogP contribution in [0.2, 0.25) is 0 Å². The molecular weight excluding hydrogens is 536 g/mol. The fourth-order valence-corrected chi connectivity index (χ4v) is 6.43. The van der Waals surface area contributed by atoms with Crippen LogP contribution in [0, 0.1) is 0 Å². The predicted octanol–water partition coefficient (Wildman–Crippen LogP) is 15.0. The van der Waals surface area contributed by atoms with Gasteiger partial charge < -0.3 is 9.47 Å². The van der Waals surface area contributed by atoms with Gasteiger partial charge in [0.25, 0.3) is 0 Å². The normalized spacial score (nSPS) is 12.8. The van der Waals surface area contributed by atoms with Gasteiger partial charge in [0.05, 0.1) is 12.2 Å². The van der Waals surface area contributed by atoms with Gasteiger partial charge in [-0.25, -0.2) is 0 Å². The van der Waals surface area contributed by atoms with Crippen molar-refractivity contribution in [1.82, 2.24) is 0 Å². The van der Waals surface area contributed by atoms with E-state index in [2.05, 4.69) is 52.0 Å². The van der Waals surface area contributed by atoms with Crippen molar-refractivity contribution in [3.05, 3.63) is 24.3 Å². The summed E-state index contributed by atoms with van der Waals surface area (Å²) >= 11 is 0. The highest BCUT2D eigenvalue weighted by Gasteiger charge is 2.07. The van der Waals surface area contributed by atoms with Gasteiger partial charge in [-0.3, -0.25) is 0 Å². The molecule has 0 aliphatic heterocycles. The van der Waals surface area contributed by atoms with Gasteiger partial charge in [0.1, 0.15) is 11.5 Å². The summed E-state index contributed by atoms with van der Waals surface area (Å²) in [6.07, 6.45) is 42.3. The molecule has 258 valence electrons. The van der Waals surface area contributed by atoms with Crippen molar-refractivity contribution in [2.24, 2.45) is 0 Å². The van der Waals surface area contributed by atoms with Crippen molar-refractivity contribution in [2.45, 2.75) is 233 Å². The summed E-state index contributed by atoms with van der Waals surface area (Å²) < 4.78 is 12.4. The summed E-state index contributed by atoms with van der Waals surface area (Å²) in [7, 11) is 0. The molecule has 2 nitrogen and oxygen atoms in total. The van der Waals surface area contributed by atoms with Crippen LogP contribution in [-0.4, -0.2) is 12.2 Å². The highest BCUT2D eigenvalue weighted by Crippen LogP contribution is 2.22. The van der Waals surface area contributed by atoms with Crippen molar-refractivity contribution in [1.29, 1.82) is 0 Å². The molecule has 0 amide bonds. The number of ether oxygens (including phenoxy) is 2. The first kappa shape index (κ1) is 40.8. The summed E-state index contributed by atoms with van der Waals surface area (Å²) in [5.74, 6) is 1.93. The molecule has 0 saturated carbocycles. The van der Waals surface area contributed by atoms with Gasteiger partial charge in [-0.15, -0.1) is 0 Å². The van der Waals surface area contributed by atoms with Crippen molar-refractivity contribution in [3.8, 4) is 11.5 Å². The van der Waals surface area contributed by atoms with Gasteiger partial charge in [-0.05, 0) is 63.8 Å². The summed E-state index contributed by atoms with van der Waals surface area (Å²) in [5.41, 5.74) is 0. The lowest BCUT2D eigenvalue weighted by atomic mass is 10.0. The number of hydrogen-bond acceptors (Lipinski definition) is 2. The first-order valence-electron chi connectivity index (χ1n) is 20.1. The highest BCUT2D eigenvalue weighted by molar-refractivity contribution is 5.31. The molecule has 0 aromatic heterocycles. The molecule has 0 radical (unpaired) electrons. The second-order valence-electron chi connectivity index (χ2n) is 14.1. The smallest absolute Gasteiger partial charge is 0.119 e. The Bertz CT molecular complexity index is 625. The molecule has 0 heterocycles. The molecule has 0 saturated heterocycles. The number of unbranched alkanes of at least 4 members (excludes halogenated alkanes) is 26. The Morgan fingerprint density at radius 1 is 0.341 bits per heavy atom. The lowest BCUT2D eigenvalue weighted by molar-refractivity contribution is 0.200. The van der Waals surface area contributed by atoms with E-state index in [0.717, 1.165) is 24.3 Å². The maximum Gasteiger partial charge on any atom is 0.119 e. The minimum Gasteiger partial charge on any atom is -0.491 e. The van der Waals surface area contributed by atoms with Gasteiger partial charge >= 0.3 is 0 Å². The Labute approximate surface area is 277 Å². The van der Waals surface area contributed by atoms with Crippen molar-refractivity contribution >= 4 is 0 Å². The van der Waals surface area contributed by atoms with Crippen LogP contribution < -0.4 is 9.47 Å². The molecule has 2 atom stereocenters. The Balaban J connectivity index is 1.93. The van der Waals surface area contributed by atoms with Crippen LogP contribution in [0.15, 0.2) is 24.3 Å². The second-order valence-corrected chi connectivity index (χ2v) is 14.1. The van der Waals surface area contributed by atoms with E-state index >= 15 is 0 Å². The largest absolute Gasteiger partial charge is 0.491 e. The predicted molar refractivity (Wildman–Crippen MR) is 196 cm³/mol. The van der Waals surface area contributed by atoms with E-state index in [9.17, 15) is 0 Å². The third-order valence-electron chi connectivity index (χ3n) is 9.43. The summed E-state index contributed by atoms with van der Waals surface area (Å²) in [5, 5.41) is 0. The molecule has 2 heteroatoms. The third kappa shape index (κ3) is 27.2.